The SMILES string of the molecule is CNC(=O)c1ccc(OC)c(-c2nccc(C(=O)Cc3cc(F)c4c(cnn4CCOC)c3N3C[C@@H](N)C[C@H]3CO)n2)c1F. The van der Waals surface area contributed by atoms with E-state index in [0.29, 0.717) is 42.8 Å². The normalized spacial score (nSPS) is 16.5. The Bertz CT molecular complexity index is 1710. The number of ketones is 1. The number of carbonyl (C=O) groups excluding carboxylic acids is 2. The number of anilines is 1. The number of aliphatic hydroxyl groups is 1. The number of nitrogens with zero attached hydrogens (tertiary/aromatic N) is 5. The minimum absolute atomic E-state index is 0.0547. The highest BCUT2D eigenvalue weighted by Gasteiger charge is 2.34. The minimum atomic E-state index is -0.908. The Kier molecular flexibility index (Phi) is 9.13. The molecule has 0 unspecified atom stereocenters. The monoisotopic (exact) mass is 609 g/mol. The second kappa shape index (κ2) is 13.0. The molecule has 1 fully saturated rings. The van der Waals surface area contributed by atoms with E-state index in [9.17, 15) is 14.7 Å². The number of rotatable bonds is 11. The first-order chi connectivity index (χ1) is 21.2. The molecule has 1 aliphatic heterocycles. The van der Waals surface area contributed by atoms with Crippen molar-refractivity contribution >= 4 is 28.3 Å². The Hall–Kier alpha value is -4.53. The van der Waals surface area contributed by atoms with Crippen LogP contribution in [0.25, 0.3) is 22.3 Å². The van der Waals surface area contributed by atoms with Gasteiger partial charge in [0, 0.05) is 44.7 Å². The number of nitrogens with two attached hydrogens (primary N) is 1. The van der Waals surface area contributed by atoms with Crippen LogP contribution in [0.15, 0.2) is 36.7 Å². The van der Waals surface area contributed by atoms with Gasteiger partial charge >= 0.3 is 0 Å². The van der Waals surface area contributed by atoms with Gasteiger partial charge in [0.15, 0.2) is 17.4 Å². The van der Waals surface area contributed by atoms with Crippen LogP contribution in [-0.4, -0.2) is 89.7 Å². The first kappa shape index (κ1) is 30.9. The van der Waals surface area contributed by atoms with Crippen molar-refractivity contribution in [2.24, 2.45) is 5.73 Å². The van der Waals surface area contributed by atoms with Crippen molar-refractivity contribution in [3.8, 4) is 17.1 Å². The smallest absolute Gasteiger partial charge is 0.254 e. The van der Waals surface area contributed by atoms with Crippen molar-refractivity contribution in [2.75, 3.05) is 45.9 Å². The Morgan fingerprint density at radius 2 is 2.02 bits per heavy atom. The predicted octanol–water partition coefficient (Wildman–Crippen LogP) is 2.11. The second-order valence-electron chi connectivity index (χ2n) is 10.4. The number of methoxy groups -OCH3 is 2. The molecule has 0 bridgehead atoms. The summed E-state index contributed by atoms with van der Waals surface area (Å²) >= 11 is 0. The van der Waals surface area contributed by atoms with Crippen LogP contribution in [0.5, 0.6) is 5.75 Å². The van der Waals surface area contributed by atoms with Crippen LogP contribution in [-0.2, 0) is 17.7 Å². The van der Waals surface area contributed by atoms with E-state index in [1.165, 1.54) is 62.6 Å². The van der Waals surface area contributed by atoms with E-state index in [2.05, 4.69) is 20.4 Å². The molecule has 4 N–H and O–H groups in total. The average Bonchev–Trinajstić information content (AvgIpc) is 3.62. The molecule has 2 atom stereocenters. The van der Waals surface area contributed by atoms with Crippen LogP contribution in [0.2, 0.25) is 0 Å². The molecule has 232 valence electrons. The second-order valence-corrected chi connectivity index (χ2v) is 10.4. The van der Waals surface area contributed by atoms with Gasteiger partial charge < -0.3 is 30.5 Å². The molecule has 0 saturated carbocycles. The number of nitrogens with one attached hydrogen (secondary N) is 1. The fourth-order valence-electron chi connectivity index (χ4n) is 5.64. The summed E-state index contributed by atoms with van der Waals surface area (Å²) in [6.07, 6.45) is 3.07. The number of amides is 1. The number of hydrogen-bond acceptors (Lipinski definition) is 10. The molecule has 0 aliphatic carbocycles. The maximum Gasteiger partial charge on any atom is 0.254 e. The highest BCUT2D eigenvalue weighted by atomic mass is 19.1. The Balaban J connectivity index is 1.58. The van der Waals surface area contributed by atoms with Gasteiger partial charge in [-0.1, -0.05) is 0 Å². The molecule has 0 spiro atoms. The molecule has 3 heterocycles. The summed E-state index contributed by atoms with van der Waals surface area (Å²) in [5.74, 6) is -2.73. The quantitative estimate of drug-likeness (QED) is 0.215. The van der Waals surface area contributed by atoms with Gasteiger partial charge in [-0.3, -0.25) is 14.3 Å². The molecular formula is C30H33F2N7O5. The fraction of sp³-hybridized carbons (Fsp3) is 0.367. The van der Waals surface area contributed by atoms with Crippen molar-refractivity contribution < 1.29 is 33.0 Å². The standard InChI is InChI=1S/C30H33F2N7O5/c1-34-30(42)19-4-5-24(44-3)25(26(19)32)29-35-7-6-22(37-29)23(41)11-16-10-21(31)28-20(13-36-39(28)8-9-43-2)27(16)38-14-17(33)12-18(38)15-40/h4-7,10,13,17-18,40H,8-9,11-12,14-15,33H2,1-3H3,(H,34,42)/t17-,18-/m0/s1. The topological polar surface area (TPSA) is 158 Å². The molecule has 1 aliphatic rings. The van der Waals surface area contributed by atoms with Gasteiger partial charge in [-0.15, -0.1) is 0 Å². The lowest BCUT2D eigenvalue weighted by atomic mass is 10.00. The average molecular weight is 610 g/mol. The molecule has 0 radical (unpaired) electrons. The van der Waals surface area contributed by atoms with Crippen molar-refractivity contribution in [3.05, 3.63) is 65.1 Å². The minimum Gasteiger partial charge on any atom is -0.496 e. The maximum atomic E-state index is 15.7. The number of aliphatic hydroxyl groups excluding tert-OH is 1. The molecule has 5 rings (SSSR count). The molecule has 1 amide bonds. The van der Waals surface area contributed by atoms with Crippen molar-refractivity contribution in [3.63, 3.8) is 0 Å². The Labute approximate surface area is 251 Å². The zero-order chi connectivity index (χ0) is 31.5. The summed E-state index contributed by atoms with van der Waals surface area (Å²) in [5.41, 5.74) is 6.91. The molecule has 2 aromatic heterocycles. The number of fused-ring (bicyclic) bond motifs is 1. The number of carbonyl (C=O) groups is 2. The van der Waals surface area contributed by atoms with E-state index in [1.807, 2.05) is 4.90 Å². The number of benzene rings is 2. The van der Waals surface area contributed by atoms with Crippen LogP contribution in [0, 0.1) is 11.6 Å². The number of aromatic nitrogens is 4. The van der Waals surface area contributed by atoms with Gasteiger partial charge in [0.25, 0.3) is 5.91 Å². The van der Waals surface area contributed by atoms with Gasteiger partial charge in [-0.05, 0) is 36.2 Å². The number of hydrogen-bond donors (Lipinski definition) is 3. The van der Waals surface area contributed by atoms with Gasteiger partial charge in [0.05, 0.1) is 55.9 Å². The van der Waals surface area contributed by atoms with Crippen molar-refractivity contribution in [1.82, 2.24) is 25.1 Å². The van der Waals surface area contributed by atoms with Crippen LogP contribution in [0.4, 0.5) is 14.5 Å². The van der Waals surface area contributed by atoms with Crippen LogP contribution >= 0.6 is 0 Å². The first-order valence-electron chi connectivity index (χ1n) is 14.0. The van der Waals surface area contributed by atoms with E-state index in [1.54, 1.807) is 0 Å². The fourth-order valence-corrected chi connectivity index (χ4v) is 5.64. The summed E-state index contributed by atoms with van der Waals surface area (Å²) < 4.78 is 43.1. The molecular weight excluding hydrogens is 576 g/mol. The van der Waals surface area contributed by atoms with Crippen LogP contribution in [0.3, 0.4) is 0 Å². The first-order valence-corrected chi connectivity index (χ1v) is 14.0. The molecule has 12 nitrogen and oxygen atoms in total. The maximum absolute atomic E-state index is 15.7. The lowest BCUT2D eigenvalue weighted by molar-refractivity contribution is 0.0956. The third-order valence-corrected chi connectivity index (χ3v) is 7.69. The van der Waals surface area contributed by atoms with Crippen LogP contribution < -0.4 is 20.7 Å². The summed E-state index contributed by atoms with van der Waals surface area (Å²) in [7, 11) is 4.25. The van der Waals surface area contributed by atoms with E-state index in [-0.39, 0.29) is 59.0 Å². The zero-order valence-corrected chi connectivity index (χ0v) is 24.5. The highest BCUT2D eigenvalue weighted by Crippen LogP contribution is 2.38. The molecule has 2 aromatic carbocycles. The summed E-state index contributed by atoms with van der Waals surface area (Å²) in [5, 5.41) is 17.3. The summed E-state index contributed by atoms with van der Waals surface area (Å²) in [4.78, 5) is 36.3. The predicted molar refractivity (Wildman–Crippen MR) is 158 cm³/mol. The molecule has 44 heavy (non-hydrogen) atoms. The largest absolute Gasteiger partial charge is 0.496 e. The number of halogens is 2. The summed E-state index contributed by atoms with van der Waals surface area (Å²) in [6.45, 7) is 0.819. The van der Waals surface area contributed by atoms with Gasteiger partial charge in [0.2, 0.25) is 0 Å². The molecule has 4 aromatic rings. The van der Waals surface area contributed by atoms with E-state index in [0.717, 1.165) is 0 Å². The van der Waals surface area contributed by atoms with E-state index in [4.69, 9.17) is 15.2 Å². The molecule has 1 saturated heterocycles. The van der Waals surface area contributed by atoms with Crippen LogP contribution in [0.1, 0.15) is 32.8 Å². The third-order valence-electron chi connectivity index (χ3n) is 7.69. The number of Topliss-reactive ketones (excluding diaryl/α,β-unsaturated/α-hetero) is 1. The summed E-state index contributed by atoms with van der Waals surface area (Å²) in [6, 6.07) is 4.77. The van der Waals surface area contributed by atoms with Gasteiger partial charge in [-0.2, -0.15) is 5.10 Å². The third kappa shape index (κ3) is 5.70. The number of ether oxygens (including phenoxy) is 2. The van der Waals surface area contributed by atoms with Crippen molar-refractivity contribution in [1.29, 1.82) is 0 Å². The Morgan fingerprint density at radius 1 is 1.23 bits per heavy atom. The lowest BCUT2D eigenvalue weighted by Crippen LogP contribution is -2.34. The zero-order valence-electron chi connectivity index (χ0n) is 24.5. The van der Waals surface area contributed by atoms with E-state index >= 15 is 8.78 Å². The Morgan fingerprint density at radius 3 is 2.73 bits per heavy atom. The van der Waals surface area contributed by atoms with E-state index < -0.39 is 23.3 Å². The van der Waals surface area contributed by atoms with Gasteiger partial charge in [0.1, 0.15) is 22.8 Å². The highest BCUT2D eigenvalue weighted by molar-refractivity contribution is 6.01. The van der Waals surface area contributed by atoms with Gasteiger partial charge in [-0.25, -0.2) is 18.7 Å². The lowest BCUT2D eigenvalue weighted by Gasteiger charge is -2.28. The van der Waals surface area contributed by atoms with Crippen molar-refractivity contribution in [2.45, 2.75) is 31.5 Å². The molecule has 14 heteroatoms.